The predicted molar refractivity (Wildman–Crippen MR) is 223 cm³/mol. The molecule has 0 heterocycles. The van der Waals surface area contributed by atoms with Gasteiger partial charge in [0.1, 0.15) is 0 Å². The lowest BCUT2D eigenvalue weighted by Gasteiger charge is -2.28. The largest absolute Gasteiger partial charge is 0.310 e. The standard InChI is InChI=1S/C52H35N/c1-2-13-36-29-38(26-25-34(36)11-1)37-16-7-17-41(30-37)53(52-24-8-15-35-12-3-6-19-45(35)52)42-27-28-44-40(31-42)33-51-47(44)21-10-23-49(51)48-22-9-20-46-43-18-5-4-14-39(43)32-50(46)48/h1-31H,32-33H2. The molecule has 0 saturated heterocycles. The maximum Gasteiger partial charge on any atom is 0.0540 e. The van der Waals surface area contributed by atoms with Crippen LogP contribution in [0.25, 0.3) is 66.1 Å². The van der Waals surface area contributed by atoms with Gasteiger partial charge in [-0.05, 0) is 132 Å². The van der Waals surface area contributed by atoms with Crippen molar-refractivity contribution in [3.05, 3.63) is 210 Å². The van der Waals surface area contributed by atoms with Crippen molar-refractivity contribution >= 4 is 38.6 Å². The van der Waals surface area contributed by atoms with Crippen molar-refractivity contribution in [2.45, 2.75) is 12.8 Å². The third-order valence-corrected chi connectivity index (χ3v) is 11.5. The Labute approximate surface area is 310 Å². The van der Waals surface area contributed by atoms with E-state index in [9.17, 15) is 0 Å². The SMILES string of the molecule is c1cc(-c2ccc3ccccc3c2)cc(N(c2ccc3c(c2)Cc2c-3cccc2-c2cccc3c2Cc2ccccc2-3)c2cccc3ccccc23)c1. The van der Waals surface area contributed by atoms with E-state index in [2.05, 4.69) is 193 Å². The van der Waals surface area contributed by atoms with E-state index >= 15 is 0 Å². The number of benzene rings is 9. The van der Waals surface area contributed by atoms with Crippen LogP contribution in [-0.2, 0) is 12.8 Å². The molecule has 0 saturated carbocycles. The molecule has 9 aromatic rings. The third kappa shape index (κ3) is 4.85. The van der Waals surface area contributed by atoms with Crippen LogP contribution in [0.1, 0.15) is 22.3 Å². The highest BCUT2D eigenvalue weighted by molar-refractivity contribution is 6.00. The molecule has 1 nitrogen and oxygen atoms in total. The maximum absolute atomic E-state index is 2.46. The lowest BCUT2D eigenvalue weighted by Crippen LogP contribution is -2.11. The van der Waals surface area contributed by atoms with Crippen molar-refractivity contribution in [2.24, 2.45) is 0 Å². The van der Waals surface area contributed by atoms with E-state index in [4.69, 9.17) is 0 Å². The summed E-state index contributed by atoms with van der Waals surface area (Å²) in [5, 5.41) is 4.98. The summed E-state index contributed by atoms with van der Waals surface area (Å²) in [7, 11) is 0. The molecule has 0 N–H and O–H groups in total. The van der Waals surface area contributed by atoms with Crippen LogP contribution in [0, 0.1) is 0 Å². The molecule has 0 atom stereocenters. The molecule has 1 heteroatoms. The van der Waals surface area contributed by atoms with Crippen molar-refractivity contribution in [1.82, 2.24) is 0 Å². The Morgan fingerprint density at radius 1 is 0.321 bits per heavy atom. The van der Waals surface area contributed by atoms with Crippen molar-refractivity contribution in [1.29, 1.82) is 0 Å². The van der Waals surface area contributed by atoms with Crippen LogP contribution in [-0.4, -0.2) is 0 Å². The quantitative estimate of drug-likeness (QED) is 0.176. The van der Waals surface area contributed by atoms with Gasteiger partial charge in [0.25, 0.3) is 0 Å². The molecule has 9 aromatic carbocycles. The number of anilines is 3. The molecule has 0 radical (unpaired) electrons. The Hall–Kier alpha value is -6.70. The van der Waals surface area contributed by atoms with Gasteiger partial charge in [-0.3, -0.25) is 0 Å². The fourth-order valence-corrected chi connectivity index (χ4v) is 9.03. The predicted octanol–water partition coefficient (Wildman–Crippen LogP) is 13.9. The molecular formula is C52H35N. The summed E-state index contributed by atoms with van der Waals surface area (Å²) in [5.41, 5.74) is 19.8. The summed E-state index contributed by atoms with van der Waals surface area (Å²) in [5.74, 6) is 0. The molecule has 2 aliphatic carbocycles. The van der Waals surface area contributed by atoms with Gasteiger partial charge in [-0.1, -0.05) is 152 Å². The van der Waals surface area contributed by atoms with Gasteiger partial charge in [0.05, 0.1) is 5.69 Å². The zero-order chi connectivity index (χ0) is 34.9. The highest BCUT2D eigenvalue weighted by Gasteiger charge is 2.27. The van der Waals surface area contributed by atoms with Gasteiger partial charge in [0.2, 0.25) is 0 Å². The summed E-state index contributed by atoms with van der Waals surface area (Å²) in [6, 6.07) is 69.6. The first-order valence-corrected chi connectivity index (χ1v) is 18.6. The molecule has 53 heavy (non-hydrogen) atoms. The van der Waals surface area contributed by atoms with E-state index < -0.39 is 0 Å². The highest BCUT2D eigenvalue weighted by Crippen LogP contribution is 2.48. The Balaban J connectivity index is 1.03. The molecular weight excluding hydrogens is 639 g/mol. The van der Waals surface area contributed by atoms with Gasteiger partial charge >= 0.3 is 0 Å². The van der Waals surface area contributed by atoms with Crippen LogP contribution in [0.15, 0.2) is 188 Å². The topological polar surface area (TPSA) is 3.24 Å². The van der Waals surface area contributed by atoms with Gasteiger partial charge in [-0.25, -0.2) is 0 Å². The monoisotopic (exact) mass is 673 g/mol. The summed E-state index contributed by atoms with van der Waals surface area (Å²) in [4.78, 5) is 2.46. The van der Waals surface area contributed by atoms with Crippen molar-refractivity contribution in [2.75, 3.05) is 4.90 Å². The molecule has 2 aliphatic rings. The van der Waals surface area contributed by atoms with Crippen molar-refractivity contribution in [3.8, 4) is 44.5 Å². The summed E-state index contributed by atoms with van der Waals surface area (Å²) in [6.45, 7) is 0. The van der Waals surface area contributed by atoms with Crippen LogP contribution < -0.4 is 4.90 Å². The minimum Gasteiger partial charge on any atom is -0.310 e. The number of fused-ring (bicyclic) bond motifs is 8. The Kier molecular flexibility index (Phi) is 6.75. The fourth-order valence-electron chi connectivity index (χ4n) is 9.03. The number of hydrogen-bond donors (Lipinski definition) is 0. The first kappa shape index (κ1) is 30.0. The minimum absolute atomic E-state index is 0.909. The number of hydrogen-bond acceptors (Lipinski definition) is 1. The first-order valence-electron chi connectivity index (χ1n) is 18.6. The molecule has 0 bridgehead atoms. The van der Waals surface area contributed by atoms with Gasteiger partial charge in [-0.15, -0.1) is 0 Å². The molecule has 248 valence electrons. The highest BCUT2D eigenvalue weighted by atomic mass is 15.1. The van der Waals surface area contributed by atoms with Gasteiger partial charge in [-0.2, -0.15) is 0 Å². The van der Waals surface area contributed by atoms with E-state index in [0.29, 0.717) is 0 Å². The second-order valence-corrected chi connectivity index (χ2v) is 14.5. The Morgan fingerprint density at radius 2 is 0.887 bits per heavy atom. The molecule has 0 aromatic heterocycles. The summed E-state index contributed by atoms with van der Waals surface area (Å²) >= 11 is 0. The first-order chi connectivity index (χ1) is 26.3. The lowest BCUT2D eigenvalue weighted by molar-refractivity contribution is 1.22. The molecule has 0 fully saturated rings. The second kappa shape index (κ2) is 11.9. The van der Waals surface area contributed by atoms with E-state index in [1.807, 2.05) is 0 Å². The molecule has 11 rings (SSSR count). The van der Waals surface area contributed by atoms with Gasteiger partial charge in [0.15, 0.2) is 0 Å². The van der Waals surface area contributed by atoms with Gasteiger partial charge < -0.3 is 4.90 Å². The summed E-state index contributed by atoms with van der Waals surface area (Å²) < 4.78 is 0. The van der Waals surface area contributed by atoms with Crippen molar-refractivity contribution < 1.29 is 0 Å². The zero-order valence-corrected chi connectivity index (χ0v) is 29.3. The smallest absolute Gasteiger partial charge is 0.0540 e. The molecule has 0 aliphatic heterocycles. The van der Waals surface area contributed by atoms with Crippen LogP contribution >= 0.6 is 0 Å². The molecule has 0 spiro atoms. The maximum atomic E-state index is 2.46. The summed E-state index contributed by atoms with van der Waals surface area (Å²) in [6.07, 6.45) is 1.90. The lowest BCUT2D eigenvalue weighted by atomic mass is 9.90. The van der Waals surface area contributed by atoms with Crippen molar-refractivity contribution in [3.63, 3.8) is 0 Å². The Morgan fingerprint density at radius 3 is 1.72 bits per heavy atom. The normalized spacial score (nSPS) is 12.4. The van der Waals surface area contributed by atoms with Crippen LogP contribution in [0.4, 0.5) is 17.1 Å². The van der Waals surface area contributed by atoms with Crippen LogP contribution in [0.5, 0.6) is 0 Å². The van der Waals surface area contributed by atoms with Gasteiger partial charge in [0, 0.05) is 16.8 Å². The average Bonchev–Trinajstić information content (AvgIpc) is 3.79. The molecule has 0 amide bonds. The van der Waals surface area contributed by atoms with Crippen LogP contribution in [0.2, 0.25) is 0 Å². The zero-order valence-electron chi connectivity index (χ0n) is 29.3. The van der Waals surface area contributed by atoms with Crippen LogP contribution in [0.3, 0.4) is 0 Å². The third-order valence-electron chi connectivity index (χ3n) is 11.5. The minimum atomic E-state index is 0.909. The fraction of sp³-hybridized carbons (Fsp3) is 0.0385. The average molecular weight is 674 g/mol. The number of rotatable bonds is 5. The van der Waals surface area contributed by atoms with E-state index in [-0.39, 0.29) is 0 Å². The van der Waals surface area contributed by atoms with E-state index in [0.717, 1.165) is 18.5 Å². The number of nitrogens with zero attached hydrogens (tertiary/aromatic N) is 1. The van der Waals surface area contributed by atoms with E-state index in [1.165, 1.54) is 99.7 Å². The van der Waals surface area contributed by atoms with E-state index in [1.54, 1.807) is 0 Å². The second-order valence-electron chi connectivity index (χ2n) is 14.5. The molecule has 0 unspecified atom stereocenters. The Bertz CT molecular complexity index is 2910.